The van der Waals surface area contributed by atoms with E-state index in [0.29, 0.717) is 5.15 Å². The van der Waals surface area contributed by atoms with E-state index < -0.39 is 0 Å². The molecular weight excluding hydrogens is 220 g/mol. The molecule has 0 saturated heterocycles. The van der Waals surface area contributed by atoms with Crippen molar-refractivity contribution < 1.29 is 0 Å². The quantitative estimate of drug-likeness (QED) is 0.786. The third kappa shape index (κ3) is 2.24. The van der Waals surface area contributed by atoms with Gasteiger partial charge in [0.1, 0.15) is 10.2 Å². The van der Waals surface area contributed by atoms with Gasteiger partial charge in [0.25, 0.3) is 0 Å². The summed E-state index contributed by atoms with van der Waals surface area (Å²) in [4.78, 5) is 9.08. The highest BCUT2D eigenvalue weighted by Gasteiger charge is 2.01. The lowest BCUT2D eigenvalue weighted by Crippen LogP contribution is -1.84. The largest absolute Gasteiger partial charge is 0.275 e. The van der Waals surface area contributed by atoms with E-state index >= 15 is 0 Å². The summed E-state index contributed by atoms with van der Waals surface area (Å²) in [5, 5.41) is 5.26. The van der Waals surface area contributed by atoms with Crippen molar-refractivity contribution in [2.24, 2.45) is 7.05 Å². The lowest BCUT2D eigenvalue weighted by molar-refractivity contribution is 0.766. The van der Waals surface area contributed by atoms with Gasteiger partial charge in [0.15, 0.2) is 0 Å². The van der Waals surface area contributed by atoms with Crippen molar-refractivity contribution in [3.05, 3.63) is 29.9 Å². The van der Waals surface area contributed by atoms with Gasteiger partial charge < -0.3 is 0 Å². The molecule has 2 heterocycles. The van der Waals surface area contributed by atoms with Crippen LogP contribution in [0.1, 0.15) is 0 Å². The van der Waals surface area contributed by atoms with E-state index in [2.05, 4.69) is 15.1 Å². The highest BCUT2D eigenvalue weighted by molar-refractivity contribution is 7.99. The standard InChI is InChI=1S/C8H7ClN4S/c1-13-5-6(2-12-13)14-8-4-10-7(9)3-11-8/h2-5H,1H3. The maximum Gasteiger partial charge on any atom is 0.147 e. The van der Waals surface area contributed by atoms with Crippen LogP contribution < -0.4 is 0 Å². The fraction of sp³-hybridized carbons (Fsp3) is 0.125. The average molecular weight is 227 g/mol. The van der Waals surface area contributed by atoms with E-state index in [4.69, 9.17) is 11.6 Å². The third-order valence-electron chi connectivity index (χ3n) is 1.50. The Morgan fingerprint density at radius 3 is 2.71 bits per heavy atom. The summed E-state index contributed by atoms with van der Waals surface area (Å²) in [6, 6.07) is 0. The van der Waals surface area contributed by atoms with Gasteiger partial charge in [-0.2, -0.15) is 5.10 Å². The van der Waals surface area contributed by atoms with Crippen LogP contribution in [0.3, 0.4) is 0 Å². The molecule has 2 aromatic heterocycles. The predicted octanol–water partition coefficient (Wildman–Crippen LogP) is 2.01. The Balaban J connectivity index is 2.15. The van der Waals surface area contributed by atoms with Crippen molar-refractivity contribution in [1.29, 1.82) is 0 Å². The Hall–Kier alpha value is -1.07. The Bertz CT molecular complexity index is 425. The fourth-order valence-electron chi connectivity index (χ4n) is 0.925. The predicted molar refractivity (Wildman–Crippen MR) is 54.4 cm³/mol. The molecule has 14 heavy (non-hydrogen) atoms. The zero-order valence-corrected chi connectivity index (χ0v) is 8.96. The second-order valence-electron chi connectivity index (χ2n) is 2.63. The lowest BCUT2D eigenvalue weighted by Gasteiger charge is -1.95. The van der Waals surface area contributed by atoms with Crippen molar-refractivity contribution >= 4 is 23.4 Å². The molecule has 0 aliphatic rings. The smallest absolute Gasteiger partial charge is 0.147 e. The minimum absolute atomic E-state index is 0.403. The van der Waals surface area contributed by atoms with Gasteiger partial charge in [-0.3, -0.25) is 4.68 Å². The number of aromatic nitrogens is 4. The summed E-state index contributed by atoms with van der Waals surface area (Å²) >= 11 is 7.12. The van der Waals surface area contributed by atoms with Crippen molar-refractivity contribution in [2.45, 2.75) is 9.92 Å². The molecule has 6 heteroatoms. The van der Waals surface area contributed by atoms with Crippen LogP contribution in [0.2, 0.25) is 5.15 Å². The molecule has 0 atom stereocenters. The minimum Gasteiger partial charge on any atom is -0.275 e. The van der Waals surface area contributed by atoms with Gasteiger partial charge in [-0.15, -0.1) is 0 Å². The van der Waals surface area contributed by atoms with Crippen molar-refractivity contribution in [1.82, 2.24) is 19.7 Å². The summed E-state index contributed by atoms with van der Waals surface area (Å²) in [5.74, 6) is 0. The van der Waals surface area contributed by atoms with E-state index in [-0.39, 0.29) is 0 Å². The van der Waals surface area contributed by atoms with Gasteiger partial charge in [-0.1, -0.05) is 23.4 Å². The van der Waals surface area contributed by atoms with Gasteiger partial charge in [-0.25, -0.2) is 9.97 Å². The maximum absolute atomic E-state index is 5.62. The molecule has 2 rings (SSSR count). The number of halogens is 1. The van der Waals surface area contributed by atoms with Gasteiger partial charge in [-0.05, 0) is 0 Å². The highest BCUT2D eigenvalue weighted by atomic mass is 35.5. The second kappa shape index (κ2) is 3.98. The number of hydrogen-bond acceptors (Lipinski definition) is 4. The molecule has 72 valence electrons. The normalized spacial score (nSPS) is 10.4. The molecule has 4 nitrogen and oxygen atoms in total. The van der Waals surface area contributed by atoms with Gasteiger partial charge >= 0.3 is 0 Å². The molecule has 0 N–H and O–H groups in total. The summed E-state index contributed by atoms with van der Waals surface area (Å²) in [6.45, 7) is 0. The Morgan fingerprint density at radius 2 is 2.14 bits per heavy atom. The summed E-state index contributed by atoms with van der Waals surface area (Å²) in [5.41, 5.74) is 0. The topological polar surface area (TPSA) is 43.6 Å². The first-order valence-electron chi connectivity index (χ1n) is 3.88. The minimum atomic E-state index is 0.403. The van der Waals surface area contributed by atoms with E-state index in [1.807, 2.05) is 13.2 Å². The highest BCUT2D eigenvalue weighted by Crippen LogP contribution is 2.24. The first-order valence-corrected chi connectivity index (χ1v) is 5.07. The molecule has 0 aliphatic heterocycles. The van der Waals surface area contributed by atoms with Crippen molar-refractivity contribution in [2.75, 3.05) is 0 Å². The lowest BCUT2D eigenvalue weighted by atomic mass is 10.7. The molecule has 0 aromatic carbocycles. The zero-order valence-electron chi connectivity index (χ0n) is 7.38. The van der Waals surface area contributed by atoms with Gasteiger partial charge in [0.2, 0.25) is 0 Å². The van der Waals surface area contributed by atoms with Crippen LogP contribution >= 0.6 is 23.4 Å². The molecule has 0 bridgehead atoms. The zero-order chi connectivity index (χ0) is 9.97. The number of nitrogens with zero attached hydrogens (tertiary/aromatic N) is 4. The maximum atomic E-state index is 5.62. The van der Waals surface area contributed by atoms with Crippen LogP contribution in [0.15, 0.2) is 34.7 Å². The van der Waals surface area contributed by atoms with Gasteiger partial charge in [0.05, 0.1) is 23.5 Å². The summed E-state index contributed by atoms with van der Waals surface area (Å²) in [6.07, 6.45) is 6.86. The number of aryl methyl sites for hydroxylation is 1. The Labute approximate surface area is 90.3 Å². The van der Waals surface area contributed by atoms with E-state index in [0.717, 1.165) is 9.92 Å². The van der Waals surface area contributed by atoms with E-state index in [9.17, 15) is 0 Å². The Kier molecular flexibility index (Phi) is 2.69. The third-order valence-corrected chi connectivity index (χ3v) is 2.56. The first-order chi connectivity index (χ1) is 6.74. The molecule has 0 aliphatic carbocycles. The first kappa shape index (κ1) is 9.48. The molecule has 0 saturated carbocycles. The van der Waals surface area contributed by atoms with Crippen molar-refractivity contribution in [3.63, 3.8) is 0 Å². The molecule has 0 spiro atoms. The SMILES string of the molecule is Cn1cc(Sc2cnc(Cl)cn2)cn1. The van der Waals surface area contributed by atoms with Crippen molar-refractivity contribution in [3.8, 4) is 0 Å². The molecular formula is C8H7ClN4S. The van der Waals surface area contributed by atoms with Crippen LogP contribution in [0.25, 0.3) is 0 Å². The van der Waals surface area contributed by atoms with E-state index in [1.54, 1.807) is 17.1 Å². The molecule has 2 aromatic rings. The van der Waals surface area contributed by atoms with Gasteiger partial charge in [0, 0.05) is 13.2 Å². The molecule has 0 amide bonds. The number of hydrogen-bond donors (Lipinski definition) is 0. The monoisotopic (exact) mass is 226 g/mol. The van der Waals surface area contributed by atoms with Crippen LogP contribution in [-0.2, 0) is 7.05 Å². The summed E-state index contributed by atoms with van der Waals surface area (Å²) in [7, 11) is 1.87. The van der Waals surface area contributed by atoms with Crippen LogP contribution in [0.5, 0.6) is 0 Å². The summed E-state index contributed by atoms with van der Waals surface area (Å²) < 4.78 is 1.74. The van der Waals surface area contributed by atoms with Crippen LogP contribution in [0, 0.1) is 0 Å². The fourth-order valence-corrected chi connectivity index (χ4v) is 1.78. The molecule has 0 radical (unpaired) electrons. The van der Waals surface area contributed by atoms with Crippen LogP contribution in [0.4, 0.5) is 0 Å². The van der Waals surface area contributed by atoms with Crippen LogP contribution in [-0.4, -0.2) is 19.7 Å². The Morgan fingerprint density at radius 1 is 1.29 bits per heavy atom. The second-order valence-corrected chi connectivity index (χ2v) is 4.11. The van der Waals surface area contributed by atoms with E-state index in [1.165, 1.54) is 18.0 Å². The molecule has 0 unspecified atom stereocenters. The number of rotatable bonds is 2. The molecule has 0 fully saturated rings. The average Bonchev–Trinajstić information content (AvgIpc) is 2.56.